The number of aliphatic carboxylic acids is 1. The lowest BCUT2D eigenvalue weighted by atomic mass is 9.98. The Morgan fingerprint density at radius 3 is 1.18 bits per heavy atom. The second kappa shape index (κ2) is 7.56. The Bertz CT molecular complexity index is 697. The zero-order valence-corrected chi connectivity index (χ0v) is 13.2. The van der Waals surface area contributed by atoms with E-state index in [2.05, 4.69) is 11.7 Å². The zero-order chi connectivity index (χ0) is 23.8. The third kappa shape index (κ3) is 4.44. The molecule has 0 fully saturated rings. The van der Waals surface area contributed by atoms with Crippen molar-refractivity contribution in [2.45, 2.75) is 35.1 Å². The van der Waals surface area contributed by atoms with E-state index in [9.17, 15) is 70.3 Å². The van der Waals surface area contributed by atoms with Crippen LogP contribution in [-0.4, -0.2) is 54.6 Å². The van der Waals surface area contributed by atoms with Crippen molar-refractivity contribution in [3.05, 3.63) is 12.7 Å². The van der Waals surface area contributed by atoms with Crippen molar-refractivity contribution >= 4 is 16.0 Å². The summed E-state index contributed by atoms with van der Waals surface area (Å²) in [4.78, 5) is 9.25. The summed E-state index contributed by atoms with van der Waals surface area (Å²) in [7, 11) is -7.11. The lowest BCUT2D eigenvalue weighted by Gasteiger charge is -2.38. The van der Waals surface area contributed by atoms with Gasteiger partial charge >= 0.3 is 41.1 Å². The highest BCUT2D eigenvalue weighted by Crippen LogP contribution is 2.60. The number of primary sulfonamides is 1. The Morgan fingerprint density at radius 1 is 0.750 bits per heavy atom. The maximum atomic E-state index is 12.8. The molecule has 0 saturated heterocycles. The van der Waals surface area contributed by atoms with Gasteiger partial charge in [0.05, 0.1) is 0 Å². The molecule has 0 unspecified atom stereocenters. The molecule has 0 aliphatic rings. The van der Waals surface area contributed by atoms with Gasteiger partial charge in [-0.05, 0) is 0 Å². The molecule has 0 bridgehead atoms. The first kappa shape index (κ1) is 28.4. The molecule has 3 N–H and O–H groups in total. The van der Waals surface area contributed by atoms with Crippen LogP contribution in [0.1, 0.15) is 0 Å². The molecule has 0 aromatic heterocycles. The fraction of sp³-hybridized carbons (Fsp3) is 0.667. The summed E-state index contributed by atoms with van der Waals surface area (Å²) in [6.07, 6.45) is -6.73. The molecule has 168 valence electrons. The Labute approximate surface area is 145 Å². The lowest BCUT2D eigenvalue weighted by Crippen LogP contribution is -2.71. The van der Waals surface area contributed by atoms with Crippen LogP contribution in [0.15, 0.2) is 12.7 Å². The molecule has 0 atom stereocenters. The Kier molecular flexibility index (Phi) is 7.67. The molecule has 19 heteroatoms. The predicted molar refractivity (Wildman–Crippen MR) is 61.7 cm³/mol. The van der Waals surface area contributed by atoms with Gasteiger partial charge in [-0.25, -0.2) is 18.4 Å². The molecule has 0 aliphatic carbocycles. The maximum absolute atomic E-state index is 12.8. The van der Waals surface area contributed by atoms with Gasteiger partial charge in [0.25, 0.3) is 10.0 Å². The highest BCUT2D eigenvalue weighted by atomic mass is 32.2. The smallest absolute Gasteiger partial charge is 0.460 e. The average molecular weight is 471 g/mol. The number of hydrogen-bond acceptors (Lipinski definition) is 3. The normalized spacial score (nSPS) is 14.8. The van der Waals surface area contributed by atoms with E-state index in [0.717, 1.165) is 6.08 Å². The number of halogens is 13. The van der Waals surface area contributed by atoms with Gasteiger partial charge in [-0.15, -0.1) is 0 Å². The van der Waals surface area contributed by atoms with E-state index in [1.807, 2.05) is 0 Å². The van der Waals surface area contributed by atoms with Crippen molar-refractivity contribution in [3.8, 4) is 0 Å². The van der Waals surface area contributed by atoms with E-state index in [1.165, 1.54) is 0 Å². The van der Waals surface area contributed by atoms with Crippen molar-refractivity contribution in [1.82, 2.24) is 0 Å². The number of carboxylic acid groups (broad SMARTS) is 1. The summed E-state index contributed by atoms with van der Waals surface area (Å²) < 4.78 is 181. The van der Waals surface area contributed by atoms with Gasteiger partial charge in [0.2, 0.25) is 0 Å². The minimum absolute atomic E-state index is 0.833. The van der Waals surface area contributed by atoms with Crippen LogP contribution >= 0.6 is 0 Å². The van der Waals surface area contributed by atoms with Crippen LogP contribution in [0.3, 0.4) is 0 Å². The third-order valence-electron chi connectivity index (χ3n) is 2.44. The summed E-state index contributed by atoms with van der Waals surface area (Å²) in [6, 6.07) is 0. The topological polar surface area (TPSA) is 97.5 Å². The summed E-state index contributed by atoms with van der Waals surface area (Å²) in [5.74, 6) is -33.2. The molecule has 0 aromatic carbocycles. The fourth-order valence-electron chi connectivity index (χ4n) is 0.934. The molecule has 0 saturated carbocycles. The molecule has 0 rings (SSSR count). The molecule has 0 spiro atoms. The van der Waals surface area contributed by atoms with Gasteiger partial charge in [0, 0.05) is 6.08 Å². The monoisotopic (exact) mass is 471 g/mol. The maximum Gasteiger partial charge on any atom is 0.460 e. The van der Waals surface area contributed by atoms with Gasteiger partial charge in [-0.1, -0.05) is 6.58 Å². The minimum Gasteiger partial charge on any atom is -0.478 e. The zero-order valence-electron chi connectivity index (χ0n) is 12.4. The van der Waals surface area contributed by atoms with Gasteiger partial charge in [-0.3, -0.25) is 0 Å². The van der Waals surface area contributed by atoms with E-state index < -0.39 is 51.1 Å². The molecular formula is C9H6F13NO4S. The summed E-state index contributed by atoms with van der Waals surface area (Å²) >= 11 is 0. The minimum atomic E-state index is -8.17. The number of alkyl halides is 13. The highest BCUT2D eigenvalue weighted by molar-refractivity contribution is 7.90. The van der Waals surface area contributed by atoms with E-state index >= 15 is 0 Å². The standard InChI is InChI=1S/C6H2F13NO2S.C3H4O2/c7-1(8,3(11,12)5(15,16)17)2(9,10)4(13,14)6(18,19)23(20,21)22;1-2-3(4)5/h(H2,20,21,22);2H,1H2,(H,4,5). The van der Waals surface area contributed by atoms with Gasteiger partial charge in [0.1, 0.15) is 0 Å². The van der Waals surface area contributed by atoms with Crippen LogP contribution in [-0.2, 0) is 14.8 Å². The fourth-order valence-corrected chi connectivity index (χ4v) is 1.42. The molecule has 0 heterocycles. The van der Waals surface area contributed by atoms with Crippen LogP contribution in [0.25, 0.3) is 0 Å². The first-order valence-corrected chi connectivity index (χ1v) is 7.15. The SMILES string of the molecule is C=CC(=O)O.NS(=O)(=O)C(F)(F)C(F)(F)C(F)(F)C(F)(F)C(F)(F)C(F)(F)F. The van der Waals surface area contributed by atoms with Crippen LogP contribution < -0.4 is 5.14 Å². The number of carbonyl (C=O) groups is 1. The van der Waals surface area contributed by atoms with E-state index in [0.29, 0.717) is 0 Å². The lowest BCUT2D eigenvalue weighted by molar-refractivity contribution is -0.433. The van der Waals surface area contributed by atoms with Crippen molar-refractivity contribution < 1.29 is 75.4 Å². The van der Waals surface area contributed by atoms with Crippen molar-refractivity contribution in [3.63, 3.8) is 0 Å². The summed E-state index contributed by atoms with van der Waals surface area (Å²) in [5, 5.41) is 3.70. The van der Waals surface area contributed by atoms with E-state index in [4.69, 9.17) is 5.11 Å². The molecule has 5 nitrogen and oxygen atoms in total. The Balaban J connectivity index is 0. The van der Waals surface area contributed by atoms with Crippen molar-refractivity contribution in [2.24, 2.45) is 5.14 Å². The first-order valence-electron chi connectivity index (χ1n) is 5.60. The summed E-state index contributed by atoms with van der Waals surface area (Å²) in [5.41, 5.74) is 0. The Hall–Kier alpha value is -1.79. The molecule has 0 aromatic rings. The van der Waals surface area contributed by atoms with Crippen molar-refractivity contribution in [1.29, 1.82) is 0 Å². The second-order valence-corrected chi connectivity index (χ2v) is 6.00. The van der Waals surface area contributed by atoms with Gasteiger partial charge < -0.3 is 5.11 Å². The van der Waals surface area contributed by atoms with E-state index in [1.54, 1.807) is 0 Å². The number of sulfonamides is 1. The van der Waals surface area contributed by atoms with Crippen LogP contribution in [0.2, 0.25) is 0 Å². The van der Waals surface area contributed by atoms with Crippen LogP contribution in [0, 0.1) is 0 Å². The van der Waals surface area contributed by atoms with Crippen molar-refractivity contribution in [2.75, 3.05) is 0 Å². The molecule has 0 amide bonds. The quantitative estimate of drug-likeness (QED) is 0.459. The largest absolute Gasteiger partial charge is 0.478 e. The molecule has 0 radical (unpaired) electrons. The van der Waals surface area contributed by atoms with E-state index in [-0.39, 0.29) is 0 Å². The number of hydrogen-bond donors (Lipinski definition) is 2. The van der Waals surface area contributed by atoms with Crippen LogP contribution in [0.4, 0.5) is 57.1 Å². The average Bonchev–Trinajstić information content (AvgIpc) is 2.44. The number of nitrogens with two attached hydrogens (primary N) is 1. The third-order valence-corrected chi connectivity index (χ3v) is 3.41. The molecule has 28 heavy (non-hydrogen) atoms. The highest BCUT2D eigenvalue weighted by Gasteiger charge is 2.92. The van der Waals surface area contributed by atoms with Gasteiger partial charge in [0.15, 0.2) is 0 Å². The molecular weight excluding hydrogens is 465 g/mol. The van der Waals surface area contributed by atoms with Crippen LogP contribution in [0.5, 0.6) is 0 Å². The number of rotatable bonds is 6. The molecule has 0 aliphatic heterocycles. The van der Waals surface area contributed by atoms with Gasteiger partial charge in [-0.2, -0.15) is 57.1 Å². The second-order valence-electron chi connectivity index (χ2n) is 4.40. The predicted octanol–water partition coefficient (Wildman–Crippen LogP) is 3.23. The number of carboxylic acids is 1. The summed E-state index contributed by atoms with van der Waals surface area (Å²) in [6.45, 7) is 2.96. The Morgan fingerprint density at radius 2 is 1.00 bits per heavy atom. The first-order chi connectivity index (χ1) is 11.8.